The largest absolute Gasteiger partial charge is 0.336 e. The molecule has 9 nitrogen and oxygen atoms in total. The predicted molar refractivity (Wildman–Crippen MR) is 167 cm³/mol. The fourth-order valence-corrected chi connectivity index (χ4v) is 9.85. The maximum absolute atomic E-state index is 16.6. The maximum Gasteiger partial charge on any atom is 0.320 e. The quantitative estimate of drug-likeness (QED) is 0.364. The van der Waals surface area contributed by atoms with Crippen molar-refractivity contribution < 1.29 is 18.4 Å². The van der Waals surface area contributed by atoms with Crippen LogP contribution in [0.5, 0.6) is 0 Å². The van der Waals surface area contributed by atoms with Gasteiger partial charge in [-0.15, -0.1) is 0 Å². The SMILES string of the molecule is C=CC(=O)N1CCN(C2NC(=O)N3C4NC(C(F)CC42)C2C(F)CCCC2CNCCCC2CCNC(C(C)C)C23)[C@@H](C)C1. The summed E-state index contributed by atoms with van der Waals surface area (Å²) in [5.41, 5.74) is 0. The summed E-state index contributed by atoms with van der Waals surface area (Å²) in [6.07, 6.45) is 3.78. The van der Waals surface area contributed by atoms with E-state index in [1.807, 2.05) is 4.90 Å². The van der Waals surface area contributed by atoms with Gasteiger partial charge < -0.3 is 25.8 Å². The van der Waals surface area contributed by atoms with Crippen LogP contribution >= 0.6 is 0 Å². The number of carbonyl (C=O) groups is 2. The molecule has 12 atom stereocenters. The Balaban J connectivity index is 1.38. The van der Waals surface area contributed by atoms with Crippen molar-refractivity contribution in [2.75, 3.05) is 39.3 Å². The second kappa shape index (κ2) is 13.5. The highest BCUT2D eigenvalue weighted by Gasteiger charge is 2.57. The molecule has 0 spiro atoms. The molecule has 248 valence electrons. The number of carbonyl (C=O) groups excluding carboxylic acids is 2. The van der Waals surface area contributed by atoms with Gasteiger partial charge in [0.05, 0.1) is 18.4 Å². The molecule has 11 unspecified atom stereocenters. The first-order chi connectivity index (χ1) is 21.2. The first-order valence-corrected chi connectivity index (χ1v) is 17.4. The van der Waals surface area contributed by atoms with Gasteiger partial charge in [0.2, 0.25) is 5.91 Å². The molecule has 0 aromatic heterocycles. The lowest BCUT2D eigenvalue weighted by atomic mass is 9.69. The smallest absolute Gasteiger partial charge is 0.320 e. The van der Waals surface area contributed by atoms with Crippen molar-refractivity contribution in [1.29, 1.82) is 0 Å². The minimum absolute atomic E-state index is 0.0217. The standard InChI is InChI=1S/C33H55F2N7O2/c1-5-26(43)40-14-15-41(20(4)18-40)31-23-16-25(35)29-27-22(8-6-10-24(27)34)17-36-12-7-9-21-11-13-37-28(19(2)3)30(21)42(32(23)38-29)33(44)39-31/h5,19-25,27-32,36-38H,1,6-18H2,2-4H3,(H,39,44)/t20-,21?,22?,23?,24?,25?,27?,28?,29?,30?,31?,32?/m0/s1. The van der Waals surface area contributed by atoms with Crippen LogP contribution < -0.4 is 21.3 Å². The van der Waals surface area contributed by atoms with Gasteiger partial charge in [0.1, 0.15) is 12.3 Å². The normalized spacial score (nSPS) is 43.9. The van der Waals surface area contributed by atoms with Gasteiger partial charge in [0, 0.05) is 49.6 Å². The Morgan fingerprint density at radius 2 is 1.82 bits per heavy atom. The van der Waals surface area contributed by atoms with Crippen molar-refractivity contribution in [1.82, 2.24) is 36.0 Å². The summed E-state index contributed by atoms with van der Waals surface area (Å²) in [6.45, 7) is 14.3. The van der Waals surface area contributed by atoms with Crippen molar-refractivity contribution in [3.8, 4) is 0 Å². The van der Waals surface area contributed by atoms with E-state index >= 15 is 8.78 Å². The number of halogens is 2. The Bertz CT molecular complexity index is 1050. The molecule has 11 heteroatoms. The van der Waals surface area contributed by atoms with Crippen molar-refractivity contribution in [2.45, 2.75) is 115 Å². The molecule has 5 saturated heterocycles. The topological polar surface area (TPSA) is 92.0 Å². The lowest BCUT2D eigenvalue weighted by Crippen LogP contribution is -2.80. The monoisotopic (exact) mass is 619 g/mol. The van der Waals surface area contributed by atoms with Crippen LogP contribution in [-0.4, -0.2) is 115 Å². The van der Waals surface area contributed by atoms with Crippen molar-refractivity contribution >= 4 is 11.9 Å². The van der Waals surface area contributed by atoms with Crippen LogP contribution in [0.25, 0.3) is 0 Å². The molecule has 5 aliphatic heterocycles. The number of nitrogens with one attached hydrogen (secondary N) is 4. The minimum Gasteiger partial charge on any atom is -0.336 e. The van der Waals surface area contributed by atoms with Crippen LogP contribution in [0.2, 0.25) is 0 Å². The Kier molecular flexibility index (Phi) is 9.86. The summed E-state index contributed by atoms with van der Waals surface area (Å²) in [4.78, 5) is 33.0. The van der Waals surface area contributed by atoms with Gasteiger partial charge in [0.25, 0.3) is 0 Å². The highest BCUT2D eigenvalue weighted by molar-refractivity contribution is 5.87. The maximum atomic E-state index is 16.6. The fourth-order valence-electron chi connectivity index (χ4n) is 9.85. The molecule has 4 N–H and O–H groups in total. The van der Waals surface area contributed by atoms with Gasteiger partial charge in [-0.3, -0.25) is 15.0 Å². The number of alkyl halides is 2. The van der Waals surface area contributed by atoms with Crippen molar-refractivity contribution in [3.63, 3.8) is 0 Å². The number of fused-ring (bicyclic) bond motifs is 5. The number of amides is 3. The second-order valence-electron chi connectivity index (χ2n) is 14.8. The third kappa shape index (κ3) is 6.02. The Labute approximate surface area is 262 Å². The van der Waals surface area contributed by atoms with Crippen LogP contribution in [0.15, 0.2) is 12.7 Å². The molecule has 44 heavy (non-hydrogen) atoms. The molecule has 0 radical (unpaired) electrons. The Morgan fingerprint density at radius 3 is 2.57 bits per heavy atom. The number of urea groups is 1. The highest BCUT2D eigenvalue weighted by atomic mass is 19.1. The third-order valence-corrected chi connectivity index (χ3v) is 11.9. The van der Waals surface area contributed by atoms with E-state index in [0.29, 0.717) is 44.4 Å². The molecule has 6 rings (SSSR count). The second-order valence-corrected chi connectivity index (χ2v) is 14.8. The van der Waals surface area contributed by atoms with E-state index in [1.54, 1.807) is 4.90 Å². The summed E-state index contributed by atoms with van der Waals surface area (Å²) in [5, 5.41) is 14.4. The molecule has 1 aliphatic carbocycles. The zero-order chi connectivity index (χ0) is 31.1. The average molecular weight is 620 g/mol. The molecular weight excluding hydrogens is 564 g/mol. The van der Waals surface area contributed by atoms with Crippen LogP contribution in [0.3, 0.4) is 0 Å². The van der Waals surface area contributed by atoms with Crippen LogP contribution in [0.1, 0.15) is 65.7 Å². The average Bonchev–Trinajstić information content (AvgIpc) is 3.01. The minimum atomic E-state index is -1.22. The molecule has 1 saturated carbocycles. The molecule has 3 amide bonds. The number of rotatable bonds is 3. The van der Waals surface area contributed by atoms with Gasteiger partial charge in [-0.2, -0.15) is 0 Å². The van der Waals surface area contributed by atoms with Gasteiger partial charge in [-0.25, -0.2) is 13.6 Å². The lowest BCUT2D eigenvalue weighted by Gasteiger charge is -2.60. The number of piperazine rings is 1. The highest BCUT2D eigenvalue weighted by Crippen LogP contribution is 2.44. The van der Waals surface area contributed by atoms with E-state index in [0.717, 1.165) is 45.2 Å². The van der Waals surface area contributed by atoms with Crippen LogP contribution in [0, 0.1) is 29.6 Å². The zero-order valence-corrected chi connectivity index (χ0v) is 26.9. The number of piperidine rings is 2. The van der Waals surface area contributed by atoms with Gasteiger partial charge in [-0.05, 0) is 88.9 Å². The third-order valence-electron chi connectivity index (χ3n) is 11.9. The molecule has 0 aromatic rings. The summed E-state index contributed by atoms with van der Waals surface area (Å²) < 4.78 is 32.5. The first kappa shape index (κ1) is 32.1. The number of hydrogen-bond acceptors (Lipinski definition) is 6. The van der Waals surface area contributed by atoms with Gasteiger partial charge in [0.15, 0.2) is 0 Å². The molecular formula is C33H55F2N7O2. The summed E-state index contributed by atoms with van der Waals surface area (Å²) in [7, 11) is 0. The van der Waals surface area contributed by atoms with E-state index in [1.165, 1.54) is 6.08 Å². The van der Waals surface area contributed by atoms with Crippen molar-refractivity contribution in [2.24, 2.45) is 29.6 Å². The van der Waals surface area contributed by atoms with E-state index in [4.69, 9.17) is 0 Å². The molecule has 6 aliphatic rings. The number of nitrogens with zero attached hydrogens (tertiary/aromatic N) is 3. The molecule has 0 aromatic carbocycles. The van der Waals surface area contributed by atoms with Crippen LogP contribution in [0.4, 0.5) is 13.6 Å². The summed E-state index contributed by atoms with van der Waals surface area (Å²) >= 11 is 0. The molecule has 6 fully saturated rings. The molecule has 2 bridgehead atoms. The zero-order valence-electron chi connectivity index (χ0n) is 26.9. The fraction of sp³-hybridized carbons (Fsp3) is 0.879. The lowest BCUT2D eigenvalue weighted by molar-refractivity contribution is -0.132. The number of hydrogen-bond donors (Lipinski definition) is 4. The van der Waals surface area contributed by atoms with Crippen LogP contribution in [-0.2, 0) is 4.79 Å². The van der Waals surface area contributed by atoms with E-state index in [9.17, 15) is 9.59 Å². The molecule has 5 heterocycles. The summed E-state index contributed by atoms with van der Waals surface area (Å²) in [6, 6.07) is -0.718. The van der Waals surface area contributed by atoms with Gasteiger partial charge >= 0.3 is 6.03 Å². The van der Waals surface area contributed by atoms with E-state index in [-0.39, 0.29) is 54.5 Å². The first-order valence-electron chi connectivity index (χ1n) is 17.4. The summed E-state index contributed by atoms with van der Waals surface area (Å²) in [5.74, 6) is -0.0437. The van der Waals surface area contributed by atoms with Crippen molar-refractivity contribution in [3.05, 3.63) is 12.7 Å². The van der Waals surface area contributed by atoms with Gasteiger partial charge in [-0.1, -0.05) is 26.8 Å². The predicted octanol–water partition coefficient (Wildman–Crippen LogP) is 2.84. The Morgan fingerprint density at radius 1 is 1.02 bits per heavy atom. The van der Waals surface area contributed by atoms with E-state index in [2.05, 4.69) is 53.5 Å². The Hall–Kier alpha value is -1.82. The van der Waals surface area contributed by atoms with E-state index < -0.39 is 30.5 Å².